The monoisotopic (exact) mass is 281 g/mol. The molecule has 4 nitrogen and oxygen atoms in total. The van der Waals surface area contributed by atoms with Gasteiger partial charge in [0, 0.05) is 25.2 Å². The van der Waals surface area contributed by atoms with E-state index >= 15 is 0 Å². The molecular formula is C16H31N3O. The number of carbonyl (C=O) groups is 1. The number of likely N-dealkylation sites (N-methyl/N-ethyl adjacent to an activating group) is 1. The zero-order chi connectivity index (χ0) is 14.5. The molecule has 116 valence electrons. The number of hydrogen-bond acceptors (Lipinski definition) is 3. The van der Waals surface area contributed by atoms with Gasteiger partial charge in [0.15, 0.2) is 0 Å². The molecule has 0 aliphatic carbocycles. The van der Waals surface area contributed by atoms with Crippen molar-refractivity contribution in [3.63, 3.8) is 0 Å². The molecule has 2 aliphatic rings. The Balaban J connectivity index is 1.87. The largest absolute Gasteiger partial charge is 0.336 e. The van der Waals surface area contributed by atoms with Crippen LogP contribution in [-0.4, -0.2) is 72.0 Å². The zero-order valence-corrected chi connectivity index (χ0v) is 13.5. The molecule has 2 atom stereocenters. The maximum Gasteiger partial charge on any atom is 0.237 e. The molecular weight excluding hydrogens is 250 g/mol. The zero-order valence-electron chi connectivity index (χ0n) is 13.5. The van der Waals surface area contributed by atoms with E-state index in [0.717, 1.165) is 26.2 Å². The summed E-state index contributed by atoms with van der Waals surface area (Å²) < 4.78 is 0. The first kappa shape index (κ1) is 15.8. The Hall–Kier alpha value is -0.610. The van der Waals surface area contributed by atoms with Gasteiger partial charge in [0.1, 0.15) is 0 Å². The molecule has 0 spiro atoms. The van der Waals surface area contributed by atoms with Crippen molar-refractivity contribution in [1.82, 2.24) is 14.7 Å². The Morgan fingerprint density at radius 3 is 2.20 bits per heavy atom. The topological polar surface area (TPSA) is 26.8 Å². The lowest BCUT2D eigenvalue weighted by Gasteiger charge is -2.40. The van der Waals surface area contributed by atoms with Crippen LogP contribution in [0.1, 0.15) is 46.5 Å². The van der Waals surface area contributed by atoms with E-state index in [1.54, 1.807) is 0 Å². The SMILES string of the molecule is CCN1CCCN(CC(=O)N2C(C)CCCC2C)CC1. The van der Waals surface area contributed by atoms with Crippen LogP contribution < -0.4 is 0 Å². The molecule has 2 fully saturated rings. The Bertz CT molecular complexity index is 311. The Labute approximate surface area is 124 Å². The summed E-state index contributed by atoms with van der Waals surface area (Å²) in [5, 5.41) is 0. The van der Waals surface area contributed by atoms with Crippen LogP contribution in [0, 0.1) is 0 Å². The highest BCUT2D eigenvalue weighted by Gasteiger charge is 2.29. The van der Waals surface area contributed by atoms with Gasteiger partial charge in [0.25, 0.3) is 0 Å². The first-order valence-electron chi connectivity index (χ1n) is 8.37. The number of nitrogens with zero attached hydrogens (tertiary/aromatic N) is 3. The average Bonchev–Trinajstić information content (AvgIpc) is 2.63. The molecule has 2 unspecified atom stereocenters. The van der Waals surface area contributed by atoms with Crippen LogP contribution >= 0.6 is 0 Å². The lowest BCUT2D eigenvalue weighted by atomic mass is 9.97. The van der Waals surface area contributed by atoms with E-state index < -0.39 is 0 Å². The van der Waals surface area contributed by atoms with Crippen molar-refractivity contribution in [3.05, 3.63) is 0 Å². The van der Waals surface area contributed by atoms with Gasteiger partial charge in [-0.25, -0.2) is 0 Å². The summed E-state index contributed by atoms with van der Waals surface area (Å²) in [6, 6.07) is 0.843. The predicted octanol–water partition coefficient (Wildman–Crippen LogP) is 1.80. The van der Waals surface area contributed by atoms with Crippen molar-refractivity contribution < 1.29 is 4.79 Å². The van der Waals surface area contributed by atoms with Crippen molar-refractivity contribution in [2.24, 2.45) is 0 Å². The second-order valence-corrected chi connectivity index (χ2v) is 6.49. The van der Waals surface area contributed by atoms with Gasteiger partial charge in [0.05, 0.1) is 6.54 Å². The van der Waals surface area contributed by atoms with Gasteiger partial charge < -0.3 is 9.80 Å². The Kier molecular flexibility index (Phi) is 5.85. The third-order valence-electron chi connectivity index (χ3n) is 4.97. The minimum absolute atomic E-state index is 0.342. The summed E-state index contributed by atoms with van der Waals surface area (Å²) in [5.74, 6) is 0.342. The maximum atomic E-state index is 12.6. The summed E-state index contributed by atoms with van der Waals surface area (Å²) in [6.07, 6.45) is 4.78. The van der Waals surface area contributed by atoms with E-state index in [0.29, 0.717) is 24.5 Å². The Morgan fingerprint density at radius 2 is 1.55 bits per heavy atom. The summed E-state index contributed by atoms with van der Waals surface area (Å²) in [5.41, 5.74) is 0. The first-order valence-corrected chi connectivity index (χ1v) is 8.37. The summed E-state index contributed by atoms with van der Waals surface area (Å²) in [6.45, 7) is 12.8. The highest BCUT2D eigenvalue weighted by Crippen LogP contribution is 2.22. The fraction of sp³-hybridized carbons (Fsp3) is 0.938. The highest BCUT2D eigenvalue weighted by molar-refractivity contribution is 5.79. The number of carbonyl (C=O) groups excluding carboxylic acids is 1. The molecule has 0 bridgehead atoms. The standard InChI is InChI=1S/C16H31N3O/c1-4-17-9-6-10-18(12-11-17)13-16(20)19-14(2)7-5-8-15(19)3/h14-15H,4-13H2,1-3H3. The van der Waals surface area contributed by atoms with Gasteiger partial charge in [-0.15, -0.1) is 0 Å². The molecule has 4 heteroatoms. The normalized spacial score (nSPS) is 30.2. The van der Waals surface area contributed by atoms with Crippen molar-refractivity contribution in [2.75, 3.05) is 39.3 Å². The van der Waals surface area contributed by atoms with Crippen LogP contribution in [0.15, 0.2) is 0 Å². The quantitative estimate of drug-likeness (QED) is 0.789. The average molecular weight is 281 g/mol. The maximum absolute atomic E-state index is 12.6. The second-order valence-electron chi connectivity index (χ2n) is 6.49. The van der Waals surface area contributed by atoms with Gasteiger partial charge in [-0.1, -0.05) is 6.92 Å². The number of amides is 1. The third kappa shape index (κ3) is 3.95. The van der Waals surface area contributed by atoms with Crippen molar-refractivity contribution in [3.8, 4) is 0 Å². The van der Waals surface area contributed by atoms with E-state index in [2.05, 4.69) is 35.5 Å². The molecule has 0 aromatic carbocycles. The molecule has 2 aliphatic heterocycles. The number of rotatable bonds is 3. The Morgan fingerprint density at radius 1 is 0.950 bits per heavy atom. The minimum atomic E-state index is 0.342. The molecule has 0 N–H and O–H groups in total. The fourth-order valence-corrected chi connectivity index (χ4v) is 3.68. The van der Waals surface area contributed by atoms with Crippen LogP contribution in [0.25, 0.3) is 0 Å². The van der Waals surface area contributed by atoms with E-state index in [-0.39, 0.29) is 0 Å². The molecule has 1 amide bonds. The number of piperidine rings is 1. The molecule has 0 aromatic rings. The lowest BCUT2D eigenvalue weighted by molar-refractivity contribution is -0.138. The molecule has 2 heterocycles. The van der Waals surface area contributed by atoms with Crippen molar-refractivity contribution >= 4 is 5.91 Å². The van der Waals surface area contributed by atoms with Crippen LogP contribution in [-0.2, 0) is 4.79 Å². The van der Waals surface area contributed by atoms with Crippen LogP contribution in [0.3, 0.4) is 0 Å². The van der Waals surface area contributed by atoms with Gasteiger partial charge >= 0.3 is 0 Å². The van der Waals surface area contributed by atoms with Gasteiger partial charge in [-0.2, -0.15) is 0 Å². The molecule has 20 heavy (non-hydrogen) atoms. The predicted molar refractivity (Wildman–Crippen MR) is 82.8 cm³/mol. The van der Waals surface area contributed by atoms with E-state index in [1.807, 2.05) is 0 Å². The van der Waals surface area contributed by atoms with Crippen LogP contribution in [0.5, 0.6) is 0 Å². The van der Waals surface area contributed by atoms with Crippen molar-refractivity contribution in [2.45, 2.75) is 58.5 Å². The molecule has 2 rings (SSSR count). The smallest absolute Gasteiger partial charge is 0.237 e. The summed E-state index contributed by atoms with van der Waals surface area (Å²) >= 11 is 0. The first-order chi connectivity index (χ1) is 9.61. The molecule has 0 saturated carbocycles. The van der Waals surface area contributed by atoms with Crippen LogP contribution in [0.4, 0.5) is 0 Å². The molecule has 2 saturated heterocycles. The molecule has 0 radical (unpaired) electrons. The van der Waals surface area contributed by atoms with Crippen LogP contribution in [0.2, 0.25) is 0 Å². The lowest BCUT2D eigenvalue weighted by Crippen LogP contribution is -2.51. The third-order valence-corrected chi connectivity index (χ3v) is 4.97. The van der Waals surface area contributed by atoms with Gasteiger partial charge in [-0.05, 0) is 59.2 Å². The van der Waals surface area contributed by atoms with E-state index in [9.17, 15) is 4.79 Å². The van der Waals surface area contributed by atoms with Gasteiger partial charge in [-0.3, -0.25) is 9.69 Å². The summed E-state index contributed by atoms with van der Waals surface area (Å²) in [7, 11) is 0. The van der Waals surface area contributed by atoms with Crippen molar-refractivity contribution in [1.29, 1.82) is 0 Å². The summed E-state index contributed by atoms with van der Waals surface area (Å²) in [4.78, 5) is 19.6. The second kappa shape index (κ2) is 7.41. The minimum Gasteiger partial charge on any atom is -0.336 e. The van der Waals surface area contributed by atoms with E-state index in [4.69, 9.17) is 0 Å². The highest BCUT2D eigenvalue weighted by atomic mass is 16.2. The van der Waals surface area contributed by atoms with E-state index in [1.165, 1.54) is 32.2 Å². The number of hydrogen-bond donors (Lipinski definition) is 0. The molecule has 0 aromatic heterocycles. The van der Waals surface area contributed by atoms with Gasteiger partial charge in [0.2, 0.25) is 5.91 Å². The fourth-order valence-electron chi connectivity index (χ4n) is 3.68. The number of likely N-dealkylation sites (tertiary alicyclic amines) is 1.